The number of aryl methyl sites for hydroxylation is 2. The molecule has 1 N–H and O–H groups in total. The van der Waals surface area contributed by atoms with Crippen LogP contribution in [0.25, 0.3) is 42.9 Å². The molecule has 0 amide bonds. The van der Waals surface area contributed by atoms with Gasteiger partial charge in [-0.3, -0.25) is 14.5 Å². The molecule has 0 atom stereocenters. The van der Waals surface area contributed by atoms with Crippen LogP contribution >= 0.6 is 22.9 Å². The average Bonchev–Trinajstić information content (AvgIpc) is 3.37. The van der Waals surface area contributed by atoms with E-state index in [1.807, 2.05) is 52.9 Å². The Morgan fingerprint density at radius 1 is 1.19 bits per heavy atom. The summed E-state index contributed by atoms with van der Waals surface area (Å²) in [6, 6.07) is 9.38. The number of ether oxygens (including phenoxy) is 1. The van der Waals surface area contributed by atoms with E-state index in [1.165, 1.54) is 11.3 Å². The summed E-state index contributed by atoms with van der Waals surface area (Å²) in [6.45, 7) is 7.81. The molecule has 2 aromatic carbocycles. The van der Waals surface area contributed by atoms with Gasteiger partial charge in [0.25, 0.3) is 0 Å². The fraction of sp³-hybridized carbons (Fsp3) is 0.259. The number of halogens is 1. The average molecular weight is 521 g/mol. The molecule has 0 fully saturated rings. The number of aromatic nitrogens is 4. The number of rotatable bonds is 5. The lowest BCUT2D eigenvalue weighted by atomic mass is 9.92. The lowest BCUT2D eigenvalue weighted by Crippen LogP contribution is -2.23. The van der Waals surface area contributed by atoms with Crippen molar-refractivity contribution in [1.29, 1.82) is 0 Å². The van der Waals surface area contributed by atoms with Crippen molar-refractivity contribution in [2.45, 2.75) is 39.7 Å². The van der Waals surface area contributed by atoms with Crippen LogP contribution in [0, 0.1) is 6.92 Å². The van der Waals surface area contributed by atoms with Gasteiger partial charge in [0.1, 0.15) is 16.4 Å². The van der Waals surface area contributed by atoms with Crippen molar-refractivity contribution in [2.24, 2.45) is 7.05 Å². The molecule has 0 saturated carbocycles. The van der Waals surface area contributed by atoms with Crippen LogP contribution in [-0.2, 0) is 18.3 Å². The van der Waals surface area contributed by atoms with E-state index >= 15 is 0 Å². The predicted octanol–water partition coefficient (Wildman–Crippen LogP) is 6.68. The molecule has 3 aromatic heterocycles. The van der Waals surface area contributed by atoms with Crippen molar-refractivity contribution < 1.29 is 14.6 Å². The number of carboxylic acids is 1. The Morgan fingerprint density at radius 3 is 2.69 bits per heavy atom. The molecule has 184 valence electrons. The Balaban J connectivity index is 1.78. The summed E-state index contributed by atoms with van der Waals surface area (Å²) < 4.78 is 8.94. The monoisotopic (exact) mass is 520 g/mol. The van der Waals surface area contributed by atoms with Gasteiger partial charge in [0.15, 0.2) is 0 Å². The van der Waals surface area contributed by atoms with E-state index in [9.17, 15) is 9.90 Å². The Labute approximate surface area is 217 Å². The molecule has 0 aliphatic heterocycles. The molecule has 0 aliphatic carbocycles. The summed E-state index contributed by atoms with van der Waals surface area (Å²) in [7, 11) is 1.88. The largest absolute Gasteiger partial charge is 0.487 e. The first-order valence-electron chi connectivity index (χ1n) is 11.4. The van der Waals surface area contributed by atoms with Crippen LogP contribution in [0.15, 0.2) is 42.7 Å². The van der Waals surface area contributed by atoms with Crippen molar-refractivity contribution >= 4 is 50.0 Å². The number of thiazole rings is 1. The van der Waals surface area contributed by atoms with Gasteiger partial charge in [-0.05, 0) is 69.2 Å². The van der Waals surface area contributed by atoms with Gasteiger partial charge in [-0.25, -0.2) is 4.98 Å². The van der Waals surface area contributed by atoms with E-state index in [4.69, 9.17) is 21.3 Å². The number of carboxylic acid groups (broad SMARTS) is 1. The number of hydrogen-bond donors (Lipinski definition) is 1. The van der Waals surface area contributed by atoms with Gasteiger partial charge in [0.05, 0.1) is 40.2 Å². The summed E-state index contributed by atoms with van der Waals surface area (Å²) in [6.07, 6.45) is 3.47. The molecule has 9 heteroatoms. The minimum atomic E-state index is -0.903. The number of pyridine rings is 1. The van der Waals surface area contributed by atoms with Crippen LogP contribution < -0.4 is 4.74 Å². The minimum absolute atomic E-state index is 0.123. The molecule has 0 spiro atoms. The minimum Gasteiger partial charge on any atom is -0.487 e. The molecule has 0 aliphatic rings. The Kier molecular flexibility index (Phi) is 5.97. The van der Waals surface area contributed by atoms with Gasteiger partial charge in [0.2, 0.25) is 0 Å². The molecule has 0 saturated heterocycles. The number of hydrogen-bond acceptors (Lipinski definition) is 6. The van der Waals surface area contributed by atoms with Crippen molar-refractivity contribution in [2.75, 3.05) is 0 Å². The molecule has 3 heterocycles. The normalized spacial score (nSPS) is 11.9. The number of carbonyl (C=O) groups is 1. The third-order valence-electron chi connectivity index (χ3n) is 5.82. The van der Waals surface area contributed by atoms with E-state index in [2.05, 4.69) is 10.1 Å². The lowest BCUT2D eigenvalue weighted by molar-refractivity contribution is -0.136. The Bertz CT molecular complexity index is 1650. The van der Waals surface area contributed by atoms with Crippen molar-refractivity contribution in [1.82, 2.24) is 19.7 Å². The van der Waals surface area contributed by atoms with Crippen LogP contribution in [0.4, 0.5) is 0 Å². The zero-order valence-electron chi connectivity index (χ0n) is 20.6. The van der Waals surface area contributed by atoms with Crippen molar-refractivity contribution in [3.8, 4) is 27.6 Å². The number of benzene rings is 2. The first-order valence-corrected chi connectivity index (χ1v) is 12.6. The van der Waals surface area contributed by atoms with Crippen molar-refractivity contribution in [3.63, 3.8) is 0 Å². The van der Waals surface area contributed by atoms with Crippen LogP contribution in [0.3, 0.4) is 0 Å². The van der Waals surface area contributed by atoms with E-state index in [-0.39, 0.29) is 6.42 Å². The van der Waals surface area contributed by atoms with Gasteiger partial charge < -0.3 is 9.84 Å². The van der Waals surface area contributed by atoms with Crippen LogP contribution in [-0.4, -0.2) is 36.4 Å². The predicted molar refractivity (Wildman–Crippen MR) is 144 cm³/mol. The van der Waals surface area contributed by atoms with Gasteiger partial charge in [-0.15, -0.1) is 11.3 Å². The highest BCUT2D eigenvalue weighted by molar-refractivity contribution is 7.22. The number of aliphatic carboxylic acids is 1. The van der Waals surface area contributed by atoms with E-state index in [0.717, 1.165) is 54.1 Å². The summed E-state index contributed by atoms with van der Waals surface area (Å²) >= 11 is 7.83. The smallest absolute Gasteiger partial charge is 0.307 e. The molecular weight excluding hydrogens is 496 g/mol. The second-order valence-corrected chi connectivity index (χ2v) is 11.2. The maximum Gasteiger partial charge on any atom is 0.307 e. The van der Waals surface area contributed by atoms with Gasteiger partial charge in [-0.2, -0.15) is 5.10 Å². The van der Waals surface area contributed by atoms with E-state index < -0.39 is 11.6 Å². The highest BCUT2D eigenvalue weighted by Crippen LogP contribution is 2.45. The molecule has 7 nitrogen and oxygen atoms in total. The molecule has 36 heavy (non-hydrogen) atoms. The van der Waals surface area contributed by atoms with Crippen LogP contribution in [0.1, 0.15) is 31.9 Å². The number of fused-ring (bicyclic) bond motifs is 2. The van der Waals surface area contributed by atoms with Crippen molar-refractivity contribution in [3.05, 3.63) is 58.9 Å². The summed E-state index contributed by atoms with van der Waals surface area (Å²) in [5.41, 5.74) is 5.14. The molecule has 0 bridgehead atoms. The summed E-state index contributed by atoms with van der Waals surface area (Å²) in [5.74, 6) is -0.308. The summed E-state index contributed by atoms with van der Waals surface area (Å²) in [5, 5.41) is 16.3. The molecule has 0 unspecified atom stereocenters. The van der Waals surface area contributed by atoms with Crippen LogP contribution in [0.5, 0.6) is 5.75 Å². The second kappa shape index (κ2) is 8.87. The first-order chi connectivity index (χ1) is 17.0. The fourth-order valence-corrected chi connectivity index (χ4v) is 5.55. The maximum absolute atomic E-state index is 11.9. The quantitative estimate of drug-likeness (QED) is 0.278. The summed E-state index contributed by atoms with van der Waals surface area (Å²) in [4.78, 5) is 21.4. The zero-order chi connectivity index (χ0) is 25.8. The van der Waals surface area contributed by atoms with E-state index in [1.54, 1.807) is 29.2 Å². The Morgan fingerprint density at radius 2 is 1.97 bits per heavy atom. The standard InChI is InChI=1S/C27H25ClN4O3S/c1-14-8-19-25(36-26(31-19)20-9-15-12-30-32(5)21(15)13-29-20)24(18(14)11-23(33)34)17-7-6-16(28)10-22(17)35-27(2,3)4/h6-10,12-13H,11H2,1-5H3,(H,33,34). The van der Waals surface area contributed by atoms with Crippen LogP contribution in [0.2, 0.25) is 5.02 Å². The highest BCUT2D eigenvalue weighted by atomic mass is 35.5. The van der Waals surface area contributed by atoms with E-state index in [0.29, 0.717) is 10.8 Å². The van der Waals surface area contributed by atoms with Gasteiger partial charge >= 0.3 is 5.97 Å². The zero-order valence-corrected chi connectivity index (χ0v) is 22.2. The first kappa shape index (κ1) is 24.2. The SMILES string of the molecule is Cc1cc2nc(-c3cc4cnn(C)c4cn3)sc2c(-c2ccc(Cl)cc2OC(C)(C)C)c1CC(=O)O. The second-order valence-electron chi connectivity index (χ2n) is 9.74. The molecular formula is C27H25ClN4O3S. The topological polar surface area (TPSA) is 90.1 Å². The third-order valence-corrected chi connectivity index (χ3v) is 7.17. The molecule has 0 radical (unpaired) electrons. The Hall–Kier alpha value is -3.49. The molecule has 5 rings (SSSR count). The maximum atomic E-state index is 11.9. The fourth-order valence-electron chi connectivity index (χ4n) is 4.29. The third kappa shape index (κ3) is 4.54. The molecule has 5 aromatic rings. The lowest BCUT2D eigenvalue weighted by Gasteiger charge is -2.24. The van der Waals surface area contributed by atoms with Gasteiger partial charge in [0, 0.05) is 28.6 Å². The highest BCUT2D eigenvalue weighted by Gasteiger charge is 2.24. The number of nitrogens with zero attached hydrogens (tertiary/aromatic N) is 4. The van der Waals surface area contributed by atoms with Gasteiger partial charge in [-0.1, -0.05) is 11.6 Å².